The fourth-order valence-electron chi connectivity index (χ4n) is 2.08. The zero-order chi connectivity index (χ0) is 13.7. The van der Waals surface area contributed by atoms with Gasteiger partial charge in [-0.2, -0.15) is 0 Å². The monoisotopic (exact) mass is 313 g/mol. The van der Waals surface area contributed by atoms with Crippen molar-refractivity contribution in [2.45, 2.75) is 39.3 Å². The first kappa shape index (κ1) is 15.2. The molecule has 1 aromatic carbocycles. The first-order valence-corrected chi connectivity index (χ1v) is 6.91. The molecule has 0 aliphatic carbocycles. The SMILES string of the molecule is CC(C)N(CC(=O)O)C(C)Cc1ccc(Br)cc1. The number of rotatable bonds is 6. The lowest BCUT2D eigenvalue weighted by molar-refractivity contribution is -0.139. The fourth-order valence-corrected chi connectivity index (χ4v) is 2.35. The Kier molecular flexibility index (Phi) is 5.82. The van der Waals surface area contributed by atoms with Crippen molar-refractivity contribution in [3.8, 4) is 0 Å². The minimum Gasteiger partial charge on any atom is -0.480 e. The zero-order valence-corrected chi connectivity index (χ0v) is 12.6. The van der Waals surface area contributed by atoms with Crippen molar-refractivity contribution in [1.82, 2.24) is 4.90 Å². The van der Waals surface area contributed by atoms with E-state index in [1.807, 2.05) is 30.9 Å². The number of halogens is 1. The molecule has 0 aliphatic rings. The van der Waals surface area contributed by atoms with Crippen LogP contribution in [0.4, 0.5) is 0 Å². The number of carboxylic acid groups (broad SMARTS) is 1. The number of carboxylic acids is 1. The summed E-state index contributed by atoms with van der Waals surface area (Å²) in [6.45, 7) is 6.22. The van der Waals surface area contributed by atoms with E-state index in [1.54, 1.807) is 0 Å². The molecule has 1 unspecified atom stereocenters. The summed E-state index contributed by atoms with van der Waals surface area (Å²) in [5, 5.41) is 8.94. The van der Waals surface area contributed by atoms with Crippen LogP contribution < -0.4 is 0 Å². The molecule has 0 spiro atoms. The van der Waals surface area contributed by atoms with Crippen LogP contribution in [-0.4, -0.2) is 34.6 Å². The van der Waals surface area contributed by atoms with Gasteiger partial charge < -0.3 is 5.11 Å². The lowest BCUT2D eigenvalue weighted by Gasteiger charge is -2.31. The Balaban J connectivity index is 2.68. The molecular formula is C14H20BrNO2. The number of hydrogen-bond acceptors (Lipinski definition) is 2. The van der Waals surface area contributed by atoms with E-state index in [0.717, 1.165) is 10.9 Å². The molecule has 1 rings (SSSR count). The van der Waals surface area contributed by atoms with Gasteiger partial charge in [0.25, 0.3) is 0 Å². The molecule has 0 saturated heterocycles. The van der Waals surface area contributed by atoms with Crippen molar-refractivity contribution in [2.24, 2.45) is 0 Å². The van der Waals surface area contributed by atoms with Gasteiger partial charge >= 0.3 is 5.97 Å². The summed E-state index contributed by atoms with van der Waals surface area (Å²) >= 11 is 3.41. The molecule has 0 radical (unpaired) electrons. The van der Waals surface area contributed by atoms with Crippen LogP contribution >= 0.6 is 15.9 Å². The van der Waals surface area contributed by atoms with Gasteiger partial charge in [-0.1, -0.05) is 28.1 Å². The molecule has 0 amide bonds. The maximum atomic E-state index is 10.9. The summed E-state index contributed by atoms with van der Waals surface area (Å²) in [4.78, 5) is 12.9. The van der Waals surface area contributed by atoms with Gasteiger partial charge in [-0.25, -0.2) is 0 Å². The maximum Gasteiger partial charge on any atom is 0.317 e. The molecule has 3 nitrogen and oxygen atoms in total. The van der Waals surface area contributed by atoms with Crippen molar-refractivity contribution < 1.29 is 9.90 Å². The van der Waals surface area contributed by atoms with Gasteiger partial charge in [0.2, 0.25) is 0 Å². The van der Waals surface area contributed by atoms with Crippen molar-refractivity contribution >= 4 is 21.9 Å². The molecule has 0 aliphatic heterocycles. The second-order valence-electron chi connectivity index (χ2n) is 4.84. The highest BCUT2D eigenvalue weighted by Gasteiger charge is 2.19. The molecule has 18 heavy (non-hydrogen) atoms. The van der Waals surface area contributed by atoms with E-state index in [9.17, 15) is 4.79 Å². The normalized spacial score (nSPS) is 13.0. The van der Waals surface area contributed by atoms with Gasteiger partial charge in [0.1, 0.15) is 0 Å². The van der Waals surface area contributed by atoms with Crippen LogP contribution in [0.5, 0.6) is 0 Å². The highest BCUT2D eigenvalue weighted by atomic mass is 79.9. The van der Waals surface area contributed by atoms with Crippen LogP contribution in [0.3, 0.4) is 0 Å². The van der Waals surface area contributed by atoms with E-state index in [-0.39, 0.29) is 18.6 Å². The molecule has 0 bridgehead atoms. The summed E-state index contributed by atoms with van der Waals surface area (Å²) in [6.07, 6.45) is 0.860. The lowest BCUT2D eigenvalue weighted by Crippen LogP contribution is -2.43. The Morgan fingerprint density at radius 3 is 2.28 bits per heavy atom. The fraction of sp³-hybridized carbons (Fsp3) is 0.500. The summed E-state index contributed by atoms with van der Waals surface area (Å²) in [5.41, 5.74) is 1.22. The van der Waals surface area contributed by atoms with Gasteiger partial charge in [-0.05, 0) is 44.9 Å². The van der Waals surface area contributed by atoms with Gasteiger partial charge in [0.15, 0.2) is 0 Å². The van der Waals surface area contributed by atoms with E-state index in [0.29, 0.717) is 0 Å². The summed E-state index contributed by atoms with van der Waals surface area (Å²) in [5.74, 6) is -0.772. The number of hydrogen-bond donors (Lipinski definition) is 1. The van der Waals surface area contributed by atoms with Gasteiger partial charge in [-0.3, -0.25) is 9.69 Å². The molecule has 0 heterocycles. The minimum atomic E-state index is -0.772. The Morgan fingerprint density at radius 2 is 1.83 bits per heavy atom. The summed E-state index contributed by atoms with van der Waals surface area (Å²) < 4.78 is 1.06. The highest BCUT2D eigenvalue weighted by Crippen LogP contribution is 2.15. The Labute approximate surface area is 117 Å². The summed E-state index contributed by atoms with van der Waals surface area (Å²) in [6, 6.07) is 8.60. The smallest absolute Gasteiger partial charge is 0.317 e. The van der Waals surface area contributed by atoms with Crippen LogP contribution in [0.2, 0.25) is 0 Å². The van der Waals surface area contributed by atoms with E-state index in [2.05, 4.69) is 35.0 Å². The highest BCUT2D eigenvalue weighted by molar-refractivity contribution is 9.10. The van der Waals surface area contributed by atoms with Gasteiger partial charge in [0, 0.05) is 16.6 Å². The third-order valence-corrected chi connectivity index (χ3v) is 3.52. The molecule has 0 saturated carbocycles. The molecule has 1 aromatic rings. The van der Waals surface area contributed by atoms with Crippen LogP contribution in [0.25, 0.3) is 0 Å². The first-order chi connectivity index (χ1) is 8.40. The molecular weight excluding hydrogens is 294 g/mol. The Bertz CT molecular complexity index is 389. The average molecular weight is 314 g/mol. The Morgan fingerprint density at radius 1 is 1.28 bits per heavy atom. The minimum absolute atomic E-state index is 0.0926. The molecule has 100 valence electrons. The predicted octanol–water partition coefficient (Wildman–Crippen LogP) is 3.18. The molecule has 1 atom stereocenters. The second kappa shape index (κ2) is 6.90. The molecule has 0 fully saturated rings. The predicted molar refractivity (Wildman–Crippen MR) is 76.8 cm³/mol. The molecule has 4 heteroatoms. The van der Waals surface area contributed by atoms with Gasteiger partial charge in [-0.15, -0.1) is 0 Å². The number of benzene rings is 1. The lowest BCUT2D eigenvalue weighted by atomic mass is 10.0. The van der Waals surface area contributed by atoms with Crippen molar-refractivity contribution in [2.75, 3.05) is 6.54 Å². The van der Waals surface area contributed by atoms with E-state index < -0.39 is 5.97 Å². The van der Waals surface area contributed by atoms with E-state index >= 15 is 0 Å². The average Bonchev–Trinajstić information content (AvgIpc) is 2.28. The van der Waals surface area contributed by atoms with E-state index in [4.69, 9.17) is 5.11 Å². The van der Waals surface area contributed by atoms with Crippen LogP contribution in [-0.2, 0) is 11.2 Å². The molecule has 0 aromatic heterocycles. The standard InChI is InChI=1S/C14H20BrNO2/c1-10(2)16(9-14(17)18)11(3)8-12-4-6-13(15)7-5-12/h4-7,10-11H,8-9H2,1-3H3,(H,17,18). The van der Waals surface area contributed by atoms with Crippen LogP contribution in [0.1, 0.15) is 26.3 Å². The molecule has 1 N–H and O–H groups in total. The van der Waals surface area contributed by atoms with E-state index in [1.165, 1.54) is 5.56 Å². The maximum absolute atomic E-state index is 10.9. The van der Waals surface area contributed by atoms with Crippen molar-refractivity contribution in [3.63, 3.8) is 0 Å². The number of carbonyl (C=O) groups is 1. The Hall–Kier alpha value is -0.870. The zero-order valence-electron chi connectivity index (χ0n) is 11.1. The number of aliphatic carboxylic acids is 1. The largest absolute Gasteiger partial charge is 0.480 e. The van der Waals surface area contributed by atoms with Crippen molar-refractivity contribution in [3.05, 3.63) is 34.3 Å². The third kappa shape index (κ3) is 4.78. The second-order valence-corrected chi connectivity index (χ2v) is 5.76. The topological polar surface area (TPSA) is 40.5 Å². The van der Waals surface area contributed by atoms with Crippen LogP contribution in [0, 0.1) is 0 Å². The quantitative estimate of drug-likeness (QED) is 0.877. The van der Waals surface area contributed by atoms with Gasteiger partial charge in [0.05, 0.1) is 6.54 Å². The van der Waals surface area contributed by atoms with Crippen molar-refractivity contribution in [1.29, 1.82) is 0 Å². The first-order valence-electron chi connectivity index (χ1n) is 6.12. The van der Waals surface area contributed by atoms with Crippen LogP contribution in [0.15, 0.2) is 28.7 Å². The number of nitrogens with zero attached hydrogens (tertiary/aromatic N) is 1. The summed E-state index contributed by atoms with van der Waals surface area (Å²) in [7, 11) is 0. The third-order valence-electron chi connectivity index (χ3n) is 2.99.